The van der Waals surface area contributed by atoms with Crippen molar-refractivity contribution < 1.29 is 9.59 Å². The first-order valence-corrected chi connectivity index (χ1v) is 7.72. The smallest absolute Gasteiger partial charge is 0.324 e. The van der Waals surface area contributed by atoms with Crippen LogP contribution >= 0.6 is 0 Å². The Morgan fingerprint density at radius 1 is 1.35 bits per heavy atom. The van der Waals surface area contributed by atoms with Crippen LogP contribution < -0.4 is 10.2 Å². The summed E-state index contributed by atoms with van der Waals surface area (Å²) in [6.07, 6.45) is 8.32. The predicted molar refractivity (Wildman–Crippen MR) is 81.3 cm³/mol. The summed E-state index contributed by atoms with van der Waals surface area (Å²) in [5, 5.41) is 14.3. The van der Waals surface area contributed by atoms with E-state index in [1.54, 1.807) is 4.68 Å². The van der Waals surface area contributed by atoms with Crippen molar-refractivity contribution in [2.45, 2.75) is 25.8 Å². The Hall–Kier alpha value is -2.63. The number of piperidine rings is 1. The first-order valence-electron chi connectivity index (χ1n) is 7.72. The van der Waals surface area contributed by atoms with Crippen LogP contribution in [0, 0.1) is 18.3 Å². The van der Waals surface area contributed by atoms with Gasteiger partial charge in [-0.15, -0.1) is 12.3 Å². The molecule has 0 radical (unpaired) electrons. The zero-order chi connectivity index (χ0) is 16.2. The molecule has 1 aromatic heterocycles. The average Bonchev–Trinajstić information content (AvgIpc) is 3.13. The molecule has 9 nitrogen and oxygen atoms in total. The van der Waals surface area contributed by atoms with Gasteiger partial charge in [0.25, 0.3) is 0 Å². The molecule has 2 aliphatic rings. The number of rotatable bonds is 5. The topological polar surface area (TPSA) is 96.2 Å². The van der Waals surface area contributed by atoms with Crippen molar-refractivity contribution in [1.82, 2.24) is 30.4 Å². The fourth-order valence-corrected chi connectivity index (χ4v) is 3.03. The van der Waals surface area contributed by atoms with E-state index in [1.165, 1.54) is 4.90 Å². The number of urea groups is 1. The number of imide groups is 1. The normalized spacial score (nSPS) is 21.4. The van der Waals surface area contributed by atoms with E-state index in [0.29, 0.717) is 18.4 Å². The molecule has 1 N–H and O–H groups in total. The van der Waals surface area contributed by atoms with Crippen molar-refractivity contribution >= 4 is 17.9 Å². The van der Waals surface area contributed by atoms with Gasteiger partial charge in [0.2, 0.25) is 11.9 Å². The standard InChI is InChI=1S/C14H19N7O2/c1-2-4-11-5-3-6-19(10-11)13-16-17-18-21(13)8-7-20-12(22)9-15-14(20)23/h1,11H,3-10H2,(H,15,23)/t11-/m0/s1. The van der Waals surface area contributed by atoms with Crippen LogP contribution in [-0.4, -0.2) is 63.2 Å². The number of nitrogens with one attached hydrogen (secondary N) is 1. The highest BCUT2D eigenvalue weighted by atomic mass is 16.2. The van der Waals surface area contributed by atoms with Gasteiger partial charge in [-0.25, -0.2) is 9.48 Å². The van der Waals surface area contributed by atoms with Gasteiger partial charge in [-0.1, -0.05) is 5.10 Å². The third kappa shape index (κ3) is 3.26. The second kappa shape index (κ2) is 6.64. The van der Waals surface area contributed by atoms with Crippen LogP contribution in [0.1, 0.15) is 19.3 Å². The number of anilines is 1. The Balaban J connectivity index is 1.64. The predicted octanol–water partition coefficient (Wildman–Crippen LogP) is -0.535. The number of nitrogens with zero attached hydrogens (tertiary/aromatic N) is 6. The van der Waals surface area contributed by atoms with E-state index in [4.69, 9.17) is 6.42 Å². The van der Waals surface area contributed by atoms with Gasteiger partial charge >= 0.3 is 6.03 Å². The van der Waals surface area contributed by atoms with Crippen molar-refractivity contribution in [1.29, 1.82) is 0 Å². The van der Waals surface area contributed by atoms with E-state index >= 15 is 0 Å². The molecule has 1 atom stereocenters. The minimum absolute atomic E-state index is 0.0567. The molecule has 2 fully saturated rings. The Kier molecular flexibility index (Phi) is 4.41. The van der Waals surface area contributed by atoms with Crippen LogP contribution in [0.5, 0.6) is 0 Å². The van der Waals surface area contributed by atoms with Crippen LogP contribution in [0.2, 0.25) is 0 Å². The second-order valence-corrected chi connectivity index (χ2v) is 5.77. The lowest BCUT2D eigenvalue weighted by molar-refractivity contribution is -0.125. The van der Waals surface area contributed by atoms with Crippen LogP contribution in [-0.2, 0) is 11.3 Å². The summed E-state index contributed by atoms with van der Waals surface area (Å²) in [5.74, 6) is 3.61. The van der Waals surface area contributed by atoms with E-state index < -0.39 is 0 Å². The second-order valence-electron chi connectivity index (χ2n) is 5.77. The maximum absolute atomic E-state index is 11.6. The number of hydrogen-bond donors (Lipinski definition) is 1. The van der Waals surface area contributed by atoms with Crippen LogP contribution in [0.25, 0.3) is 0 Å². The zero-order valence-electron chi connectivity index (χ0n) is 12.8. The molecule has 0 aromatic carbocycles. The molecule has 0 bridgehead atoms. The molecule has 3 heterocycles. The molecule has 2 saturated heterocycles. The minimum Gasteiger partial charge on any atom is -0.339 e. The lowest BCUT2D eigenvalue weighted by Crippen LogP contribution is -2.38. The summed E-state index contributed by atoms with van der Waals surface area (Å²) >= 11 is 0. The van der Waals surface area contributed by atoms with Crippen LogP contribution in [0.4, 0.5) is 10.7 Å². The van der Waals surface area contributed by atoms with E-state index in [0.717, 1.165) is 32.4 Å². The fourth-order valence-electron chi connectivity index (χ4n) is 3.03. The van der Waals surface area contributed by atoms with E-state index in [-0.39, 0.29) is 25.0 Å². The Morgan fingerprint density at radius 2 is 2.22 bits per heavy atom. The van der Waals surface area contributed by atoms with E-state index in [1.807, 2.05) is 0 Å². The summed E-state index contributed by atoms with van der Waals surface area (Å²) in [6, 6.07) is -0.364. The SMILES string of the molecule is C#CC[C@H]1CCCN(c2nnnn2CCN2C(=O)CNC2=O)C1. The Labute approximate surface area is 134 Å². The number of carbonyl (C=O) groups excluding carboxylic acids is 2. The number of aromatic nitrogens is 4. The Bertz CT molecular complexity index is 619. The number of terminal acetylenes is 1. The molecule has 0 spiro atoms. The molecule has 0 unspecified atom stereocenters. The molecule has 0 saturated carbocycles. The highest BCUT2D eigenvalue weighted by Crippen LogP contribution is 2.22. The summed E-state index contributed by atoms with van der Waals surface area (Å²) in [5.41, 5.74) is 0. The first-order chi connectivity index (χ1) is 11.2. The third-order valence-electron chi connectivity index (χ3n) is 4.19. The van der Waals surface area contributed by atoms with Crippen LogP contribution in [0.15, 0.2) is 0 Å². The first kappa shape index (κ1) is 15.3. The fraction of sp³-hybridized carbons (Fsp3) is 0.643. The van der Waals surface area contributed by atoms with Gasteiger partial charge in [-0.05, 0) is 29.2 Å². The largest absolute Gasteiger partial charge is 0.339 e. The maximum Gasteiger partial charge on any atom is 0.324 e. The van der Waals surface area contributed by atoms with Gasteiger partial charge in [0.05, 0.1) is 19.6 Å². The van der Waals surface area contributed by atoms with Gasteiger partial charge in [0.15, 0.2) is 0 Å². The van der Waals surface area contributed by atoms with Crippen molar-refractivity contribution in [3.05, 3.63) is 0 Å². The lowest BCUT2D eigenvalue weighted by atomic mass is 9.95. The lowest BCUT2D eigenvalue weighted by Gasteiger charge is -2.32. The minimum atomic E-state index is -0.364. The molecular formula is C14H19N7O2. The molecule has 0 aliphatic carbocycles. The molecule has 3 rings (SSSR count). The maximum atomic E-state index is 11.6. The third-order valence-corrected chi connectivity index (χ3v) is 4.19. The van der Waals surface area contributed by atoms with Crippen molar-refractivity contribution in [2.24, 2.45) is 5.92 Å². The van der Waals surface area contributed by atoms with Crippen molar-refractivity contribution in [2.75, 3.05) is 31.1 Å². The summed E-state index contributed by atoms with van der Waals surface area (Å²) in [7, 11) is 0. The molecule has 122 valence electrons. The molecule has 3 amide bonds. The van der Waals surface area contributed by atoms with Crippen molar-refractivity contribution in [3.8, 4) is 12.3 Å². The molecule has 9 heteroatoms. The molecule has 2 aliphatic heterocycles. The quantitative estimate of drug-likeness (QED) is 0.579. The van der Waals surface area contributed by atoms with Crippen molar-refractivity contribution in [3.63, 3.8) is 0 Å². The molecular weight excluding hydrogens is 298 g/mol. The molecule has 23 heavy (non-hydrogen) atoms. The monoisotopic (exact) mass is 317 g/mol. The zero-order valence-corrected chi connectivity index (χ0v) is 12.8. The summed E-state index contributed by atoms with van der Waals surface area (Å²) in [6.45, 7) is 2.39. The number of amides is 3. The van der Waals surface area contributed by atoms with Gasteiger partial charge in [-0.3, -0.25) is 9.69 Å². The average molecular weight is 317 g/mol. The summed E-state index contributed by atoms with van der Waals surface area (Å²) < 4.78 is 1.64. The summed E-state index contributed by atoms with van der Waals surface area (Å²) in [4.78, 5) is 26.5. The number of hydrogen-bond acceptors (Lipinski definition) is 6. The van der Waals surface area contributed by atoms with E-state index in [9.17, 15) is 9.59 Å². The van der Waals surface area contributed by atoms with Crippen LogP contribution in [0.3, 0.4) is 0 Å². The highest BCUT2D eigenvalue weighted by molar-refractivity contribution is 6.01. The van der Waals surface area contributed by atoms with Gasteiger partial charge in [-0.2, -0.15) is 0 Å². The van der Waals surface area contributed by atoms with Gasteiger partial charge < -0.3 is 10.2 Å². The van der Waals surface area contributed by atoms with Gasteiger partial charge in [0.1, 0.15) is 0 Å². The Morgan fingerprint density at radius 3 is 2.96 bits per heavy atom. The number of carbonyl (C=O) groups is 2. The number of tetrazole rings is 1. The van der Waals surface area contributed by atoms with E-state index in [2.05, 4.69) is 31.7 Å². The van der Waals surface area contributed by atoms with Gasteiger partial charge in [0, 0.05) is 19.5 Å². The molecule has 1 aromatic rings. The highest BCUT2D eigenvalue weighted by Gasteiger charge is 2.29.